The minimum Gasteiger partial charge on any atom is -0.360 e. The second-order valence-electron chi connectivity index (χ2n) is 5.04. The Labute approximate surface area is 107 Å². The van der Waals surface area contributed by atoms with Gasteiger partial charge in [0.15, 0.2) is 0 Å². The predicted molar refractivity (Wildman–Crippen MR) is 72.7 cm³/mol. The molecule has 5 heteroatoms. The molecule has 96 valence electrons. The molecule has 2 rings (SSSR count). The van der Waals surface area contributed by atoms with E-state index in [9.17, 15) is 0 Å². The molecule has 1 aromatic heterocycles. The zero-order valence-electron chi connectivity index (χ0n) is 10.7. The maximum Gasteiger partial charge on any atom is 0.202 e. The minimum absolute atomic E-state index is 0.421. The highest BCUT2D eigenvalue weighted by atomic mass is 32.1. The number of nitrogens with one attached hydrogen (secondary N) is 2. The van der Waals surface area contributed by atoms with E-state index in [2.05, 4.69) is 33.8 Å². The van der Waals surface area contributed by atoms with Crippen molar-refractivity contribution in [1.29, 1.82) is 0 Å². The Kier molecular flexibility index (Phi) is 4.74. The van der Waals surface area contributed by atoms with Gasteiger partial charge in [-0.25, -0.2) is 4.98 Å². The molecule has 1 aliphatic rings. The maximum atomic E-state index is 4.47. The highest BCUT2D eigenvalue weighted by Crippen LogP contribution is 2.18. The lowest BCUT2D eigenvalue weighted by Crippen LogP contribution is -2.30. The van der Waals surface area contributed by atoms with E-state index < -0.39 is 0 Å². The average Bonchev–Trinajstić information content (AvgIpc) is 2.79. The molecule has 1 fully saturated rings. The molecule has 1 saturated heterocycles. The van der Waals surface area contributed by atoms with Gasteiger partial charge in [0.25, 0.3) is 0 Å². The van der Waals surface area contributed by atoms with Crippen molar-refractivity contribution in [2.45, 2.75) is 39.0 Å². The van der Waals surface area contributed by atoms with Gasteiger partial charge in [0, 0.05) is 24.0 Å². The number of rotatable bonds is 5. The topological polar surface area (TPSA) is 49.8 Å². The third kappa shape index (κ3) is 3.92. The molecule has 0 radical (unpaired) electrons. The van der Waals surface area contributed by atoms with E-state index in [0.717, 1.165) is 23.4 Å². The molecule has 1 aliphatic heterocycles. The maximum absolute atomic E-state index is 4.47. The molecule has 0 bridgehead atoms. The molecule has 2 N–H and O–H groups in total. The lowest BCUT2D eigenvalue weighted by Gasteiger charge is -2.22. The van der Waals surface area contributed by atoms with Crippen LogP contribution in [0.5, 0.6) is 0 Å². The van der Waals surface area contributed by atoms with Crippen LogP contribution in [0.2, 0.25) is 0 Å². The van der Waals surface area contributed by atoms with Gasteiger partial charge in [-0.15, -0.1) is 0 Å². The quantitative estimate of drug-likeness (QED) is 0.847. The van der Waals surface area contributed by atoms with Gasteiger partial charge in [-0.3, -0.25) is 0 Å². The zero-order chi connectivity index (χ0) is 12.1. The van der Waals surface area contributed by atoms with Gasteiger partial charge in [-0.2, -0.15) is 4.37 Å². The molecule has 4 nitrogen and oxygen atoms in total. The fourth-order valence-corrected chi connectivity index (χ4v) is 2.83. The predicted octanol–water partition coefficient (Wildman–Crippen LogP) is 2.46. The van der Waals surface area contributed by atoms with E-state index in [1.165, 1.54) is 43.9 Å². The van der Waals surface area contributed by atoms with Crippen molar-refractivity contribution in [3.05, 3.63) is 5.82 Å². The molecule has 1 aromatic rings. The Bertz CT molecular complexity index is 331. The molecular formula is C12H22N4S. The van der Waals surface area contributed by atoms with Gasteiger partial charge in [0.1, 0.15) is 5.82 Å². The summed E-state index contributed by atoms with van der Waals surface area (Å²) >= 11 is 1.48. The number of hydrogen-bond acceptors (Lipinski definition) is 5. The van der Waals surface area contributed by atoms with E-state index in [4.69, 9.17) is 0 Å². The van der Waals surface area contributed by atoms with Crippen LogP contribution in [0.25, 0.3) is 0 Å². The Hall–Kier alpha value is -0.680. The smallest absolute Gasteiger partial charge is 0.202 e. The summed E-state index contributed by atoms with van der Waals surface area (Å²) in [5, 5.41) is 7.80. The Morgan fingerprint density at radius 1 is 1.53 bits per heavy atom. The fourth-order valence-electron chi connectivity index (χ4n) is 2.09. The van der Waals surface area contributed by atoms with Crippen LogP contribution in [0.15, 0.2) is 0 Å². The number of aromatic nitrogens is 2. The van der Waals surface area contributed by atoms with Crippen LogP contribution in [-0.2, 0) is 0 Å². The molecule has 17 heavy (non-hydrogen) atoms. The first kappa shape index (κ1) is 12.8. The standard InChI is InChI=1S/C12H22N4S/c1-9(2)11-15-12(17-16-11)14-7-5-10-4-3-6-13-8-10/h9-10,13H,3-8H2,1-2H3,(H,14,15,16). The van der Waals surface area contributed by atoms with Crippen molar-refractivity contribution in [3.8, 4) is 0 Å². The number of hydrogen-bond donors (Lipinski definition) is 2. The first-order valence-electron chi connectivity index (χ1n) is 6.54. The zero-order valence-corrected chi connectivity index (χ0v) is 11.5. The van der Waals surface area contributed by atoms with Crippen molar-refractivity contribution in [3.63, 3.8) is 0 Å². The van der Waals surface area contributed by atoms with E-state index in [1.54, 1.807) is 0 Å². The summed E-state index contributed by atoms with van der Waals surface area (Å²) in [6.45, 7) is 7.63. The molecular weight excluding hydrogens is 232 g/mol. The van der Waals surface area contributed by atoms with E-state index >= 15 is 0 Å². The van der Waals surface area contributed by atoms with Crippen molar-refractivity contribution in [2.24, 2.45) is 5.92 Å². The second-order valence-corrected chi connectivity index (χ2v) is 5.79. The summed E-state index contributed by atoms with van der Waals surface area (Å²) in [6, 6.07) is 0. The van der Waals surface area contributed by atoms with Crippen molar-refractivity contribution in [2.75, 3.05) is 25.0 Å². The summed E-state index contributed by atoms with van der Waals surface area (Å²) in [6.07, 6.45) is 3.91. The summed E-state index contributed by atoms with van der Waals surface area (Å²) in [4.78, 5) is 4.47. The largest absolute Gasteiger partial charge is 0.360 e. The van der Waals surface area contributed by atoms with Crippen molar-refractivity contribution in [1.82, 2.24) is 14.7 Å². The monoisotopic (exact) mass is 254 g/mol. The van der Waals surface area contributed by atoms with Gasteiger partial charge in [0.2, 0.25) is 5.13 Å². The molecule has 2 heterocycles. The van der Waals surface area contributed by atoms with E-state index in [-0.39, 0.29) is 0 Å². The lowest BCUT2D eigenvalue weighted by molar-refractivity contribution is 0.364. The third-order valence-corrected chi connectivity index (χ3v) is 3.87. The first-order valence-corrected chi connectivity index (χ1v) is 7.31. The number of nitrogens with zero attached hydrogens (tertiary/aromatic N) is 2. The van der Waals surface area contributed by atoms with Crippen LogP contribution in [0.4, 0.5) is 5.13 Å². The SMILES string of the molecule is CC(C)c1nsc(NCCC2CCCNC2)n1. The van der Waals surface area contributed by atoms with Crippen molar-refractivity contribution < 1.29 is 0 Å². The second kappa shape index (κ2) is 6.31. The lowest BCUT2D eigenvalue weighted by atomic mass is 9.96. The molecule has 0 aliphatic carbocycles. The summed E-state index contributed by atoms with van der Waals surface area (Å²) in [5.74, 6) is 2.20. The highest BCUT2D eigenvalue weighted by Gasteiger charge is 2.13. The van der Waals surface area contributed by atoms with Crippen LogP contribution < -0.4 is 10.6 Å². The normalized spacial score (nSPS) is 20.8. The van der Waals surface area contributed by atoms with Crippen LogP contribution in [0, 0.1) is 5.92 Å². The van der Waals surface area contributed by atoms with Gasteiger partial charge >= 0.3 is 0 Å². The number of piperidine rings is 1. The first-order chi connectivity index (χ1) is 8.25. The number of anilines is 1. The van der Waals surface area contributed by atoms with E-state index in [1.807, 2.05) is 0 Å². The fraction of sp³-hybridized carbons (Fsp3) is 0.833. The molecule has 1 atom stereocenters. The van der Waals surface area contributed by atoms with Crippen molar-refractivity contribution >= 4 is 16.7 Å². The van der Waals surface area contributed by atoms with Crippen LogP contribution in [0.3, 0.4) is 0 Å². The van der Waals surface area contributed by atoms with Crippen LogP contribution in [-0.4, -0.2) is 29.0 Å². The van der Waals surface area contributed by atoms with Gasteiger partial charge in [-0.05, 0) is 38.3 Å². The molecule has 0 amide bonds. The third-order valence-electron chi connectivity index (χ3n) is 3.19. The Morgan fingerprint density at radius 2 is 2.41 bits per heavy atom. The van der Waals surface area contributed by atoms with Crippen LogP contribution in [0.1, 0.15) is 44.9 Å². The van der Waals surface area contributed by atoms with Crippen LogP contribution >= 0.6 is 11.5 Å². The van der Waals surface area contributed by atoms with E-state index in [0.29, 0.717) is 5.92 Å². The minimum atomic E-state index is 0.421. The summed E-state index contributed by atoms with van der Waals surface area (Å²) in [7, 11) is 0. The van der Waals surface area contributed by atoms with Gasteiger partial charge in [-0.1, -0.05) is 13.8 Å². The summed E-state index contributed by atoms with van der Waals surface area (Å²) < 4.78 is 4.34. The average molecular weight is 254 g/mol. The molecule has 0 aromatic carbocycles. The Morgan fingerprint density at radius 3 is 3.06 bits per heavy atom. The van der Waals surface area contributed by atoms with Gasteiger partial charge < -0.3 is 10.6 Å². The highest BCUT2D eigenvalue weighted by molar-refractivity contribution is 7.09. The molecule has 0 saturated carbocycles. The molecule has 0 spiro atoms. The summed E-state index contributed by atoms with van der Waals surface area (Å²) in [5.41, 5.74) is 0. The van der Waals surface area contributed by atoms with Gasteiger partial charge in [0.05, 0.1) is 0 Å². The molecule has 1 unspecified atom stereocenters. The Balaban J connectivity index is 1.70.